The van der Waals surface area contributed by atoms with Crippen LogP contribution in [0.15, 0.2) is 29.5 Å². The van der Waals surface area contributed by atoms with E-state index in [0.717, 1.165) is 12.2 Å². The minimum absolute atomic E-state index is 0. The Hall–Kier alpha value is -0.189. The van der Waals surface area contributed by atoms with Gasteiger partial charge in [-0.1, -0.05) is 0 Å². The molecule has 0 unspecified atom stereocenters. The van der Waals surface area contributed by atoms with Crippen LogP contribution in [0.3, 0.4) is 0 Å². The molecule has 0 aromatic heterocycles. The van der Waals surface area contributed by atoms with Crippen LogP contribution in [0.2, 0.25) is 19.6 Å². The van der Waals surface area contributed by atoms with Crippen LogP contribution in [0.25, 0.3) is 9.45 Å². The van der Waals surface area contributed by atoms with E-state index in [2.05, 4.69) is 98.2 Å². The van der Waals surface area contributed by atoms with Gasteiger partial charge in [-0.05, 0) is 0 Å². The van der Waals surface area contributed by atoms with E-state index in [4.69, 9.17) is 4.43 Å². The second-order valence-corrected chi connectivity index (χ2v) is 13.7. The fourth-order valence-electron chi connectivity index (χ4n) is 2.90. The largest absolute Gasteiger partial charge is 1.00 e. The molecule has 1 aliphatic carbocycles. The minimum atomic E-state index is -1.67. The molecule has 1 aromatic rings. The molecule has 0 saturated heterocycles. The summed E-state index contributed by atoms with van der Waals surface area (Å²) in [6, 6.07) is 6.48. The third kappa shape index (κ3) is 5.90. The zero-order valence-electron chi connectivity index (χ0n) is 17.1. The van der Waals surface area contributed by atoms with E-state index < -0.39 is 8.32 Å². The van der Waals surface area contributed by atoms with Crippen LogP contribution in [-0.2, 0) is 20.4 Å². The first-order chi connectivity index (χ1) is 10.9. The maximum atomic E-state index is 6.45. The Bertz CT molecular complexity index is 716. The average Bonchev–Trinajstić information content (AvgIpc) is 2.69. The molecule has 143 valence electrons. The number of hydrogen-bond acceptors (Lipinski definition) is 2. The Morgan fingerprint density at radius 1 is 1.15 bits per heavy atom. The number of nitrogens with one attached hydrogen (secondary N) is 1. The molecule has 0 aliphatic heterocycles. The van der Waals surface area contributed by atoms with Crippen LogP contribution >= 0.6 is 0 Å². The number of allylic oxidation sites excluding steroid dienone is 2. The summed E-state index contributed by atoms with van der Waals surface area (Å²) in [7, 11) is -1.67. The van der Waals surface area contributed by atoms with Crippen molar-refractivity contribution in [2.24, 2.45) is 0 Å². The van der Waals surface area contributed by atoms with Gasteiger partial charge in [-0.25, -0.2) is 0 Å². The van der Waals surface area contributed by atoms with Crippen molar-refractivity contribution in [3.8, 4) is 5.75 Å². The molecule has 0 amide bonds. The van der Waals surface area contributed by atoms with Crippen molar-refractivity contribution >= 4 is 17.8 Å². The molecular formula is C20H30Cl2NOSiTi. The van der Waals surface area contributed by atoms with Crippen molar-refractivity contribution in [1.82, 2.24) is 5.32 Å². The van der Waals surface area contributed by atoms with Gasteiger partial charge in [-0.2, -0.15) is 0 Å². The summed E-state index contributed by atoms with van der Waals surface area (Å²) in [6.45, 7) is 17.8. The molecule has 26 heavy (non-hydrogen) atoms. The number of benzene rings is 1. The van der Waals surface area contributed by atoms with Crippen molar-refractivity contribution in [3.05, 3.63) is 40.6 Å². The van der Waals surface area contributed by atoms with Gasteiger partial charge in [0, 0.05) is 0 Å². The van der Waals surface area contributed by atoms with Crippen molar-refractivity contribution in [2.75, 3.05) is 0 Å². The summed E-state index contributed by atoms with van der Waals surface area (Å²) in [6.07, 6.45) is 1.04. The summed E-state index contributed by atoms with van der Waals surface area (Å²) in [5, 5.41) is 3.75. The van der Waals surface area contributed by atoms with Gasteiger partial charge in [-0.15, -0.1) is 0 Å². The monoisotopic (exact) mass is 446 g/mol. The van der Waals surface area contributed by atoms with Crippen LogP contribution in [-0.4, -0.2) is 13.9 Å². The zero-order chi connectivity index (χ0) is 18.3. The number of rotatable bonds is 4. The van der Waals surface area contributed by atoms with E-state index >= 15 is 0 Å². The number of fused-ring (bicyclic) bond motifs is 1. The predicted octanol–water partition coefficient (Wildman–Crippen LogP) is -0.291. The van der Waals surface area contributed by atoms with E-state index in [-0.39, 0.29) is 30.4 Å². The van der Waals surface area contributed by atoms with Gasteiger partial charge in [0.2, 0.25) is 0 Å². The molecule has 0 heterocycles. The van der Waals surface area contributed by atoms with Crippen LogP contribution in [0.4, 0.5) is 0 Å². The smallest absolute Gasteiger partial charge is 1.00 e. The van der Waals surface area contributed by atoms with E-state index in [1.54, 1.807) is 0 Å². The van der Waals surface area contributed by atoms with Crippen LogP contribution in [0, 0.1) is 0 Å². The normalized spacial score (nSPS) is 15.8. The minimum Gasteiger partial charge on any atom is -1.00 e. The topological polar surface area (TPSA) is 21.3 Å². The van der Waals surface area contributed by atoms with Gasteiger partial charge in [0.15, 0.2) is 0 Å². The molecule has 0 atom stereocenters. The fourth-order valence-corrected chi connectivity index (χ4v) is 4.35. The number of halogens is 2. The van der Waals surface area contributed by atoms with Gasteiger partial charge in [0.25, 0.3) is 0 Å². The SMILES string of the molecule is CCC(C)=C1C(NC(C)(C)C)=[C]([Ti+2])c2cccc(O[Si](C)(C)C)c21.[Cl-].[Cl-]. The third-order valence-corrected chi connectivity index (χ3v) is 5.56. The van der Waals surface area contributed by atoms with Gasteiger partial charge in [0.1, 0.15) is 0 Å². The second kappa shape index (κ2) is 9.34. The quantitative estimate of drug-likeness (QED) is 0.641. The first-order valence-corrected chi connectivity index (χ1v) is 12.9. The Morgan fingerprint density at radius 2 is 1.73 bits per heavy atom. The first kappa shape index (κ1) is 25.8. The Kier molecular flexibility index (Phi) is 9.27. The third-order valence-electron chi connectivity index (χ3n) is 3.92. The molecule has 0 bridgehead atoms. The van der Waals surface area contributed by atoms with E-state index in [1.807, 2.05) is 0 Å². The molecule has 0 saturated carbocycles. The van der Waals surface area contributed by atoms with Crippen LogP contribution < -0.4 is 34.6 Å². The molecule has 1 aliphatic rings. The molecule has 2 nitrogen and oxygen atoms in total. The standard InChI is InChI=1S/C20H30NOSi.2ClH.Ti/c1-9-14(2)18-16(21-20(3,4)5)13-15-11-10-12-17(19(15)18)22-23(6,7)8;;;/h10-12,21H,9H2,1-8H3;2*1H;/q;;;+2/p-2. The molecule has 2 rings (SSSR count). The summed E-state index contributed by atoms with van der Waals surface area (Å²) in [5.74, 6) is 1.04. The predicted molar refractivity (Wildman–Crippen MR) is 103 cm³/mol. The van der Waals surface area contributed by atoms with Gasteiger partial charge in [0.05, 0.1) is 0 Å². The Balaban J connectivity index is 0.00000312. The summed E-state index contributed by atoms with van der Waals surface area (Å²) >= 11 is 2.22. The van der Waals surface area contributed by atoms with E-state index in [9.17, 15) is 0 Å². The van der Waals surface area contributed by atoms with Gasteiger partial charge < -0.3 is 24.8 Å². The van der Waals surface area contributed by atoms with Gasteiger partial charge >= 0.3 is 161 Å². The van der Waals surface area contributed by atoms with Crippen molar-refractivity contribution in [2.45, 2.75) is 66.2 Å². The maximum absolute atomic E-state index is 6.45. The maximum Gasteiger partial charge on any atom is -1.00 e. The first-order valence-electron chi connectivity index (χ1n) is 8.71. The molecule has 0 fully saturated rings. The Labute approximate surface area is 184 Å². The Morgan fingerprint density at radius 3 is 2.19 bits per heavy atom. The summed E-state index contributed by atoms with van der Waals surface area (Å²) in [4.78, 5) is 0. The number of hydrogen-bond donors (Lipinski definition) is 1. The summed E-state index contributed by atoms with van der Waals surface area (Å²) in [5.41, 5.74) is 6.63. The van der Waals surface area contributed by atoms with E-state index in [1.165, 1.54) is 31.8 Å². The van der Waals surface area contributed by atoms with Crippen LogP contribution in [0.1, 0.15) is 52.2 Å². The molecule has 1 aromatic carbocycles. The van der Waals surface area contributed by atoms with Gasteiger partial charge in [-0.3, -0.25) is 0 Å². The van der Waals surface area contributed by atoms with Crippen molar-refractivity contribution in [3.63, 3.8) is 0 Å². The van der Waals surface area contributed by atoms with Crippen molar-refractivity contribution < 1.29 is 49.7 Å². The average molecular weight is 447 g/mol. The molecule has 0 spiro atoms. The zero-order valence-corrected chi connectivity index (χ0v) is 21.2. The molecule has 0 radical (unpaired) electrons. The van der Waals surface area contributed by atoms with Crippen LogP contribution in [0.5, 0.6) is 5.75 Å². The fraction of sp³-hybridized carbons (Fsp3) is 0.500. The molecular weight excluding hydrogens is 417 g/mol. The summed E-state index contributed by atoms with van der Waals surface area (Å²) < 4.78 is 7.77. The second-order valence-electron chi connectivity index (χ2n) is 8.53. The van der Waals surface area contributed by atoms with E-state index in [0.29, 0.717) is 0 Å². The molecule has 6 heteroatoms. The van der Waals surface area contributed by atoms with Crippen molar-refractivity contribution in [1.29, 1.82) is 0 Å². The molecule has 1 N–H and O–H groups in total.